The number of rotatable bonds is 2. The average Bonchev–Trinajstić information content (AvgIpc) is 2.62. The lowest BCUT2D eigenvalue weighted by Crippen LogP contribution is -2.43. The standard InChI is InChI=1S/C10H19N3O/c1-6(11)10(14)13-4-7-8(5-13)9(7)12(2)3/h6-9H,4-5,11H2,1-3H3/t6-,7?,8?,9?/m1/s1. The van der Waals surface area contributed by atoms with Crippen molar-refractivity contribution < 1.29 is 4.79 Å². The van der Waals surface area contributed by atoms with Crippen LogP contribution in [-0.4, -0.2) is 55.0 Å². The summed E-state index contributed by atoms with van der Waals surface area (Å²) in [7, 11) is 4.22. The number of amides is 1. The lowest BCUT2D eigenvalue weighted by atomic mass is 10.3. The van der Waals surface area contributed by atoms with Crippen LogP contribution >= 0.6 is 0 Å². The van der Waals surface area contributed by atoms with Crippen LogP contribution in [0.5, 0.6) is 0 Å². The van der Waals surface area contributed by atoms with Crippen LogP contribution in [0.2, 0.25) is 0 Å². The Labute approximate surface area is 85.0 Å². The van der Waals surface area contributed by atoms with Gasteiger partial charge in [0.1, 0.15) is 0 Å². The van der Waals surface area contributed by atoms with Gasteiger partial charge in [-0.15, -0.1) is 0 Å². The average molecular weight is 197 g/mol. The molecule has 1 aliphatic heterocycles. The van der Waals surface area contributed by atoms with E-state index in [0.717, 1.165) is 13.1 Å². The van der Waals surface area contributed by atoms with Crippen molar-refractivity contribution in [3.05, 3.63) is 0 Å². The predicted molar refractivity (Wildman–Crippen MR) is 54.7 cm³/mol. The predicted octanol–water partition coefficient (Wildman–Crippen LogP) is -0.648. The highest BCUT2D eigenvalue weighted by Crippen LogP contribution is 2.47. The van der Waals surface area contributed by atoms with Gasteiger partial charge in [0.2, 0.25) is 5.91 Å². The fraction of sp³-hybridized carbons (Fsp3) is 0.900. The third-order valence-electron chi connectivity index (χ3n) is 3.45. The van der Waals surface area contributed by atoms with Crippen molar-refractivity contribution in [3.63, 3.8) is 0 Å². The van der Waals surface area contributed by atoms with Crippen LogP contribution in [-0.2, 0) is 4.79 Å². The summed E-state index contributed by atoms with van der Waals surface area (Å²) >= 11 is 0. The molecule has 2 fully saturated rings. The fourth-order valence-corrected chi connectivity index (χ4v) is 2.73. The Kier molecular flexibility index (Phi) is 2.27. The Morgan fingerprint density at radius 1 is 1.43 bits per heavy atom. The Balaban J connectivity index is 1.87. The molecule has 2 N–H and O–H groups in total. The van der Waals surface area contributed by atoms with Crippen molar-refractivity contribution in [1.29, 1.82) is 0 Å². The molecule has 14 heavy (non-hydrogen) atoms. The molecule has 3 atom stereocenters. The molecule has 1 heterocycles. The maximum atomic E-state index is 11.6. The van der Waals surface area contributed by atoms with Crippen LogP contribution in [0.4, 0.5) is 0 Å². The van der Waals surface area contributed by atoms with Gasteiger partial charge in [0.15, 0.2) is 0 Å². The molecule has 2 aliphatic rings. The quantitative estimate of drug-likeness (QED) is 0.640. The minimum absolute atomic E-state index is 0.106. The number of hydrogen-bond donors (Lipinski definition) is 1. The zero-order valence-corrected chi connectivity index (χ0v) is 9.10. The Morgan fingerprint density at radius 2 is 1.93 bits per heavy atom. The lowest BCUT2D eigenvalue weighted by molar-refractivity contribution is -0.131. The number of carbonyl (C=O) groups is 1. The second-order valence-electron chi connectivity index (χ2n) is 4.81. The Morgan fingerprint density at radius 3 is 2.29 bits per heavy atom. The first-order valence-electron chi connectivity index (χ1n) is 5.23. The van der Waals surface area contributed by atoms with Gasteiger partial charge in [-0.3, -0.25) is 4.79 Å². The van der Waals surface area contributed by atoms with Gasteiger partial charge in [0.05, 0.1) is 6.04 Å². The van der Waals surface area contributed by atoms with Crippen LogP contribution < -0.4 is 5.73 Å². The van der Waals surface area contributed by atoms with E-state index >= 15 is 0 Å². The van der Waals surface area contributed by atoms with E-state index < -0.39 is 0 Å². The van der Waals surface area contributed by atoms with Gasteiger partial charge in [0, 0.05) is 19.1 Å². The minimum atomic E-state index is -0.342. The summed E-state index contributed by atoms with van der Waals surface area (Å²) < 4.78 is 0. The number of carbonyl (C=O) groups excluding carboxylic acids is 1. The van der Waals surface area contributed by atoms with Crippen molar-refractivity contribution in [3.8, 4) is 0 Å². The number of likely N-dealkylation sites (tertiary alicyclic amines) is 1. The van der Waals surface area contributed by atoms with Crippen LogP contribution in [0.15, 0.2) is 0 Å². The molecule has 2 unspecified atom stereocenters. The van der Waals surface area contributed by atoms with E-state index in [1.165, 1.54) is 0 Å². The normalized spacial score (nSPS) is 37.2. The molecule has 1 amide bonds. The zero-order valence-electron chi connectivity index (χ0n) is 9.10. The highest BCUT2D eigenvalue weighted by atomic mass is 16.2. The Bertz CT molecular complexity index is 240. The van der Waals surface area contributed by atoms with Crippen LogP contribution in [0.25, 0.3) is 0 Å². The van der Waals surface area contributed by atoms with Crippen molar-refractivity contribution in [2.75, 3.05) is 27.2 Å². The van der Waals surface area contributed by atoms with Crippen molar-refractivity contribution >= 4 is 5.91 Å². The number of fused-ring (bicyclic) bond motifs is 1. The first-order chi connectivity index (χ1) is 6.52. The van der Waals surface area contributed by atoms with Gasteiger partial charge in [-0.1, -0.05) is 0 Å². The largest absolute Gasteiger partial charge is 0.341 e. The topological polar surface area (TPSA) is 49.6 Å². The summed E-state index contributed by atoms with van der Waals surface area (Å²) in [5.41, 5.74) is 5.57. The van der Waals surface area contributed by atoms with Crippen molar-refractivity contribution in [1.82, 2.24) is 9.80 Å². The third-order valence-corrected chi connectivity index (χ3v) is 3.45. The van der Waals surface area contributed by atoms with Crippen molar-refractivity contribution in [2.24, 2.45) is 17.6 Å². The SMILES string of the molecule is C[C@@H](N)C(=O)N1CC2C(C1)C2N(C)C. The molecule has 0 aromatic heterocycles. The van der Waals surface area contributed by atoms with Crippen molar-refractivity contribution in [2.45, 2.75) is 19.0 Å². The van der Waals surface area contributed by atoms with Crippen LogP contribution in [0, 0.1) is 11.8 Å². The first-order valence-corrected chi connectivity index (χ1v) is 5.23. The molecule has 0 aromatic rings. The van der Waals surface area contributed by atoms with E-state index in [4.69, 9.17) is 5.73 Å². The molecule has 0 spiro atoms. The highest BCUT2D eigenvalue weighted by Gasteiger charge is 2.57. The van der Waals surface area contributed by atoms with Crippen LogP contribution in [0.1, 0.15) is 6.92 Å². The van der Waals surface area contributed by atoms with E-state index in [2.05, 4.69) is 19.0 Å². The summed E-state index contributed by atoms with van der Waals surface area (Å²) in [5.74, 6) is 1.51. The molecular formula is C10H19N3O. The number of hydrogen-bond acceptors (Lipinski definition) is 3. The number of nitrogens with two attached hydrogens (primary N) is 1. The molecule has 4 nitrogen and oxygen atoms in total. The molecule has 1 aliphatic carbocycles. The maximum absolute atomic E-state index is 11.6. The van der Waals surface area contributed by atoms with Gasteiger partial charge in [-0.05, 0) is 32.9 Å². The van der Waals surface area contributed by atoms with Gasteiger partial charge in [-0.2, -0.15) is 0 Å². The van der Waals surface area contributed by atoms with Gasteiger partial charge >= 0.3 is 0 Å². The zero-order chi connectivity index (χ0) is 10.5. The number of nitrogens with zero attached hydrogens (tertiary/aromatic N) is 2. The van der Waals surface area contributed by atoms with E-state index in [-0.39, 0.29) is 11.9 Å². The van der Waals surface area contributed by atoms with E-state index in [9.17, 15) is 4.79 Å². The molecule has 80 valence electrons. The molecule has 2 rings (SSSR count). The number of piperidine rings is 1. The molecule has 0 radical (unpaired) electrons. The van der Waals surface area contributed by atoms with E-state index in [0.29, 0.717) is 17.9 Å². The maximum Gasteiger partial charge on any atom is 0.239 e. The molecule has 0 bridgehead atoms. The van der Waals surface area contributed by atoms with Gasteiger partial charge in [0.25, 0.3) is 0 Å². The van der Waals surface area contributed by atoms with E-state index in [1.54, 1.807) is 6.92 Å². The second kappa shape index (κ2) is 3.21. The molecule has 1 saturated heterocycles. The Hall–Kier alpha value is -0.610. The summed E-state index contributed by atoms with van der Waals surface area (Å²) in [6.45, 7) is 3.58. The van der Waals surface area contributed by atoms with Crippen LogP contribution in [0.3, 0.4) is 0 Å². The second-order valence-corrected chi connectivity index (χ2v) is 4.81. The summed E-state index contributed by atoms with van der Waals surface area (Å²) in [6, 6.07) is 0.359. The molecule has 1 saturated carbocycles. The minimum Gasteiger partial charge on any atom is -0.341 e. The lowest BCUT2D eigenvalue weighted by Gasteiger charge is -2.23. The highest BCUT2D eigenvalue weighted by molar-refractivity contribution is 5.81. The van der Waals surface area contributed by atoms with Gasteiger partial charge < -0.3 is 15.5 Å². The molecular weight excluding hydrogens is 178 g/mol. The summed E-state index contributed by atoms with van der Waals surface area (Å²) in [6.07, 6.45) is 0. The fourth-order valence-electron chi connectivity index (χ4n) is 2.73. The van der Waals surface area contributed by atoms with Gasteiger partial charge in [-0.25, -0.2) is 0 Å². The summed E-state index contributed by atoms with van der Waals surface area (Å²) in [5, 5.41) is 0. The first kappa shape index (κ1) is 9.93. The summed E-state index contributed by atoms with van der Waals surface area (Å²) in [4.78, 5) is 15.8. The molecule has 4 heteroatoms. The smallest absolute Gasteiger partial charge is 0.239 e. The monoisotopic (exact) mass is 197 g/mol. The third kappa shape index (κ3) is 1.42. The molecule has 0 aromatic carbocycles. The van der Waals surface area contributed by atoms with E-state index in [1.807, 2.05) is 4.90 Å².